The zero-order chi connectivity index (χ0) is 19.3. The van der Waals surface area contributed by atoms with Gasteiger partial charge in [-0.15, -0.1) is 0 Å². The van der Waals surface area contributed by atoms with Gasteiger partial charge < -0.3 is 24.8 Å². The molecule has 0 radical (unpaired) electrons. The summed E-state index contributed by atoms with van der Waals surface area (Å²) in [5, 5.41) is 0. The second-order valence-electron chi connectivity index (χ2n) is 7.74. The second-order valence-corrected chi connectivity index (χ2v) is 7.74. The normalized spacial score (nSPS) is 23.4. The molecule has 1 amide bonds. The maximum Gasteiger partial charge on any atom is 0.260 e. The predicted octanol–water partition coefficient (Wildman–Crippen LogP) is 1.10. The first-order valence-electron chi connectivity index (χ1n) is 9.61. The Morgan fingerprint density at radius 2 is 2.04 bits per heavy atom. The molecule has 0 spiro atoms. The van der Waals surface area contributed by atoms with E-state index in [1.807, 2.05) is 18.2 Å². The highest BCUT2D eigenvalue weighted by Crippen LogP contribution is 2.32. The Kier molecular flexibility index (Phi) is 6.57. The summed E-state index contributed by atoms with van der Waals surface area (Å²) >= 11 is 0. The van der Waals surface area contributed by atoms with Crippen LogP contribution in [0.3, 0.4) is 0 Å². The van der Waals surface area contributed by atoms with Crippen LogP contribution in [0, 0.1) is 5.41 Å². The van der Waals surface area contributed by atoms with Crippen LogP contribution in [0.1, 0.15) is 18.9 Å². The van der Waals surface area contributed by atoms with Gasteiger partial charge in [0.15, 0.2) is 18.1 Å². The largest absolute Gasteiger partial charge is 0.493 e. The highest BCUT2D eigenvalue weighted by Gasteiger charge is 2.32. The van der Waals surface area contributed by atoms with Crippen LogP contribution in [0.25, 0.3) is 0 Å². The van der Waals surface area contributed by atoms with Gasteiger partial charge in [0.2, 0.25) is 0 Å². The van der Waals surface area contributed by atoms with Gasteiger partial charge in [-0.2, -0.15) is 0 Å². The Balaban J connectivity index is 1.56. The fraction of sp³-hybridized carbons (Fsp3) is 0.650. The number of carbonyl (C=O) groups excluding carboxylic acids is 1. The van der Waals surface area contributed by atoms with Crippen molar-refractivity contribution in [1.82, 2.24) is 9.80 Å². The van der Waals surface area contributed by atoms with Crippen molar-refractivity contribution in [1.29, 1.82) is 0 Å². The van der Waals surface area contributed by atoms with E-state index in [0.29, 0.717) is 37.8 Å². The van der Waals surface area contributed by atoms with Crippen molar-refractivity contribution >= 4 is 5.91 Å². The number of rotatable bonds is 7. The number of amides is 1. The van der Waals surface area contributed by atoms with E-state index in [1.54, 1.807) is 12.0 Å². The molecule has 0 saturated carbocycles. The summed E-state index contributed by atoms with van der Waals surface area (Å²) < 4.78 is 16.5. The Bertz CT molecular complexity index is 648. The predicted molar refractivity (Wildman–Crippen MR) is 103 cm³/mol. The Morgan fingerprint density at radius 1 is 1.26 bits per heavy atom. The number of likely N-dealkylation sites (tertiary alicyclic amines) is 1. The number of methoxy groups -OCH3 is 1. The van der Waals surface area contributed by atoms with Crippen molar-refractivity contribution in [2.45, 2.75) is 19.9 Å². The minimum absolute atomic E-state index is 0.0106. The number of nitrogens with two attached hydrogens (primary N) is 1. The van der Waals surface area contributed by atoms with Gasteiger partial charge >= 0.3 is 0 Å². The zero-order valence-corrected chi connectivity index (χ0v) is 16.4. The molecule has 1 aromatic carbocycles. The molecule has 0 aromatic heterocycles. The summed E-state index contributed by atoms with van der Waals surface area (Å²) in [6.45, 7) is 8.32. The molecule has 2 aliphatic rings. The number of hydrogen-bond acceptors (Lipinski definition) is 6. The molecule has 2 N–H and O–H groups in total. The highest BCUT2D eigenvalue weighted by molar-refractivity contribution is 5.78. The second kappa shape index (κ2) is 8.91. The lowest BCUT2D eigenvalue weighted by Crippen LogP contribution is -2.43. The van der Waals surface area contributed by atoms with Crippen molar-refractivity contribution in [3.63, 3.8) is 0 Å². The highest BCUT2D eigenvalue weighted by atomic mass is 16.5. The molecule has 0 bridgehead atoms. The quantitative estimate of drug-likeness (QED) is 0.767. The summed E-state index contributed by atoms with van der Waals surface area (Å²) in [7, 11) is 1.62. The minimum Gasteiger partial charge on any atom is -0.493 e. The van der Waals surface area contributed by atoms with Gasteiger partial charge in [-0.25, -0.2) is 0 Å². The van der Waals surface area contributed by atoms with Crippen molar-refractivity contribution in [2.75, 3.05) is 59.7 Å². The lowest BCUT2D eigenvalue weighted by Gasteiger charge is -2.26. The first-order valence-corrected chi connectivity index (χ1v) is 9.61. The first kappa shape index (κ1) is 19.9. The summed E-state index contributed by atoms with van der Waals surface area (Å²) in [4.78, 5) is 16.4. The summed E-state index contributed by atoms with van der Waals surface area (Å²) in [5.41, 5.74) is 7.28. The lowest BCUT2D eigenvalue weighted by atomic mass is 9.90. The van der Waals surface area contributed by atoms with Crippen LogP contribution in [0.15, 0.2) is 18.2 Å². The number of morpholine rings is 1. The van der Waals surface area contributed by atoms with Crippen LogP contribution in [-0.4, -0.2) is 75.4 Å². The van der Waals surface area contributed by atoms with E-state index in [0.717, 1.165) is 32.6 Å². The molecular formula is C20H31N3O4. The van der Waals surface area contributed by atoms with Crippen LogP contribution < -0.4 is 15.2 Å². The van der Waals surface area contributed by atoms with Crippen molar-refractivity contribution in [2.24, 2.45) is 11.1 Å². The molecule has 1 aromatic rings. The molecule has 3 rings (SSSR count). The zero-order valence-electron chi connectivity index (χ0n) is 16.4. The molecule has 7 nitrogen and oxygen atoms in total. The molecule has 1 atom stereocenters. The fourth-order valence-electron chi connectivity index (χ4n) is 3.66. The van der Waals surface area contributed by atoms with E-state index < -0.39 is 0 Å². The van der Waals surface area contributed by atoms with E-state index in [1.165, 1.54) is 5.56 Å². The number of ether oxygens (including phenoxy) is 3. The van der Waals surface area contributed by atoms with Gasteiger partial charge in [-0.05, 0) is 42.6 Å². The molecule has 7 heteroatoms. The van der Waals surface area contributed by atoms with E-state index in [-0.39, 0.29) is 17.9 Å². The summed E-state index contributed by atoms with van der Waals surface area (Å²) in [6, 6.07) is 5.92. The van der Waals surface area contributed by atoms with Gasteiger partial charge in [-0.3, -0.25) is 9.69 Å². The molecule has 0 aliphatic carbocycles. The third kappa shape index (κ3) is 5.12. The molecule has 150 valence electrons. The molecule has 2 heterocycles. The van der Waals surface area contributed by atoms with Gasteiger partial charge in [0.25, 0.3) is 5.91 Å². The monoisotopic (exact) mass is 377 g/mol. The van der Waals surface area contributed by atoms with Crippen molar-refractivity contribution < 1.29 is 19.0 Å². The third-order valence-corrected chi connectivity index (χ3v) is 5.48. The number of hydrogen-bond donors (Lipinski definition) is 1. The first-order chi connectivity index (χ1) is 13.0. The average Bonchev–Trinajstić information content (AvgIpc) is 3.08. The van der Waals surface area contributed by atoms with E-state index in [2.05, 4.69) is 11.8 Å². The maximum atomic E-state index is 12.2. The molecule has 2 fully saturated rings. The Hall–Kier alpha value is -1.83. The van der Waals surface area contributed by atoms with E-state index >= 15 is 0 Å². The third-order valence-electron chi connectivity index (χ3n) is 5.48. The van der Waals surface area contributed by atoms with Crippen LogP contribution in [0.2, 0.25) is 0 Å². The minimum atomic E-state index is -0.0254. The van der Waals surface area contributed by atoms with Crippen LogP contribution >= 0.6 is 0 Å². The standard InChI is InChI=1S/C20H31N3O4/c1-20(14-21)5-6-22(15-20)12-16-3-4-17(18(11-16)25-2)27-13-19(24)23-7-9-26-10-8-23/h3-4,11H,5-10,12-15,21H2,1-2H3. The SMILES string of the molecule is COc1cc(CN2CCC(C)(CN)C2)ccc1OCC(=O)N1CCOCC1. The average molecular weight is 377 g/mol. The number of nitrogens with zero attached hydrogens (tertiary/aromatic N) is 2. The lowest BCUT2D eigenvalue weighted by molar-refractivity contribution is -0.137. The van der Waals surface area contributed by atoms with Crippen LogP contribution in [-0.2, 0) is 16.1 Å². The van der Waals surface area contributed by atoms with E-state index in [4.69, 9.17) is 19.9 Å². The van der Waals surface area contributed by atoms with Crippen LogP contribution in [0.5, 0.6) is 11.5 Å². The maximum absolute atomic E-state index is 12.2. The molecule has 27 heavy (non-hydrogen) atoms. The van der Waals surface area contributed by atoms with Gasteiger partial charge in [0.05, 0.1) is 20.3 Å². The topological polar surface area (TPSA) is 77.3 Å². The summed E-state index contributed by atoms with van der Waals surface area (Å²) in [5.74, 6) is 1.22. The number of benzene rings is 1. The fourth-order valence-corrected chi connectivity index (χ4v) is 3.66. The molecule has 2 saturated heterocycles. The molecular weight excluding hydrogens is 346 g/mol. The van der Waals surface area contributed by atoms with Crippen molar-refractivity contribution in [3.05, 3.63) is 23.8 Å². The van der Waals surface area contributed by atoms with Crippen LogP contribution in [0.4, 0.5) is 0 Å². The van der Waals surface area contributed by atoms with E-state index in [9.17, 15) is 4.79 Å². The Labute approximate surface area is 161 Å². The van der Waals surface area contributed by atoms with Gasteiger partial charge in [0, 0.05) is 26.2 Å². The van der Waals surface area contributed by atoms with Gasteiger partial charge in [0.1, 0.15) is 0 Å². The molecule has 2 aliphatic heterocycles. The summed E-state index contributed by atoms with van der Waals surface area (Å²) in [6.07, 6.45) is 1.13. The van der Waals surface area contributed by atoms with Crippen molar-refractivity contribution in [3.8, 4) is 11.5 Å². The van der Waals surface area contributed by atoms with Gasteiger partial charge in [-0.1, -0.05) is 13.0 Å². The smallest absolute Gasteiger partial charge is 0.260 e. The Morgan fingerprint density at radius 3 is 2.70 bits per heavy atom. The molecule has 1 unspecified atom stereocenters. The number of carbonyl (C=O) groups is 1.